The minimum atomic E-state index is -1.76. The fourth-order valence-electron chi connectivity index (χ4n) is 10.9. The number of alkyl halides is 1. The van der Waals surface area contributed by atoms with Gasteiger partial charge in [-0.05, 0) is 73.1 Å². The molecule has 0 amide bonds. The second-order valence-electron chi connectivity index (χ2n) is 14.4. The monoisotopic (exact) mass is 578 g/mol. The summed E-state index contributed by atoms with van der Waals surface area (Å²) in [5.41, 5.74) is 1.72. The van der Waals surface area contributed by atoms with Crippen LogP contribution in [0.1, 0.15) is 75.8 Å². The summed E-state index contributed by atoms with van der Waals surface area (Å²) in [5, 5.41) is 17.0. The third kappa shape index (κ3) is 3.20. The number of rotatable bonds is 3. The van der Waals surface area contributed by atoms with E-state index in [4.69, 9.17) is 24.0 Å². The standard InChI is InChI=1S/C34H43FN2O5/c1-5-22-7-6-8-23(12-22)16-37-17-24-14-30(3)25(13-28(24)36-37)9-10-26-27-11-21(2)34(31(27,4)15-29(38)33(26,30)35)32(41-20-42-34)18-39-19-40-32/h6-8,12-13,17,21,26-27,29,38H,5,9-11,14-16,18-20H2,1-4H3/t21-,26+,27+,29+,30+,31+,32?,33+,34-/m1/s1. The van der Waals surface area contributed by atoms with E-state index < -0.39 is 34.0 Å². The molecule has 2 saturated heterocycles. The van der Waals surface area contributed by atoms with Crippen molar-refractivity contribution in [3.05, 3.63) is 58.4 Å². The Morgan fingerprint density at radius 1 is 1.12 bits per heavy atom. The van der Waals surface area contributed by atoms with Gasteiger partial charge in [0.25, 0.3) is 0 Å². The van der Waals surface area contributed by atoms with Crippen LogP contribution in [0.4, 0.5) is 4.39 Å². The van der Waals surface area contributed by atoms with Crippen molar-refractivity contribution in [1.29, 1.82) is 0 Å². The third-order valence-electron chi connectivity index (χ3n) is 12.7. The third-order valence-corrected chi connectivity index (χ3v) is 12.7. The van der Waals surface area contributed by atoms with Crippen molar-refractivity contribution in [3.8, 4) is 0 Å². The molecule has 6 aliphatic rings. The summed E-state index contributed by atoms with van der Waals surface area (Å²) >= 11 is 0. The molecule has 3 heterocycles. The average molecular weight is 579 g/mol. The van der Waals surface area contributed by atoms with Crippen LogP contribution < -0.4 is 0 Å². The van der Waals surface area contributed by atoms with E-state index in [9.17, 15) is 5.11 Å². The van der Waals surface area contributed by atoms with Crippen LogP contribution >= 0.6 is 0 Å². The summed E-state index contributed by atoms with van der Waals surface area (Å²) in [6.45, 7) is 9.85. The Morgan fingerprint density at radius 3 is 2.71 bits per heavy atom. The lowest BCUT2D eigenvalue weighted by Crippen LogP contribution is -2.72. The van der Waals surface area contributed by atoms with E-state index in [0.717, 1.165) is 36.1 Å². The van der Waals surface area contributed by atoms with Crippen LogP contribution in [0.5, 0.6) is 0 Å². The molecule has 1 aromatic heterocycles. The normalized spacial score (nSPS) is 45.5. The Kier molecular flexibility index (Phi) is 5.87. The number of nitrogens with zero attached hydrogens (tertiary/aromatic N) is 2. The van der Waals surface area contributed by atoms with Crippen molar-refractivity contribution in [2.75, 3.05) is 20.2 Å². The van der Waals surface area contributed by atoms with Gasteiger partial charge in [-0.3, -0.25) is 4.68 Å². The molecule has 226 valence electrons. The van der Waals surface area contributed by atoms with Gasteiger partial charge >= 0.3 is 0 Å². The number of hydrogen-bond donors (Lipinski definition) is 1. The smallest absolute Gasteiger partial charge is 0.227 e. The van der Waals surface area contributed by atoms with Crippen LogP contribution in [-0.2, 0) is 38.3 Å². The fourth-order valence-corrected chi connectivity index (χ4v) is 10.9. The number of aryl methyl sites for hydroxylation is 1. The second-order valence-corrected chi connectivity index (χ2v) is 14.4. The number of fused-ring (bicyclic) bond motifs is 8. The highest BCUT2D eigenvalue weighted by Crippen LogP contribution is 2.74. The Balaban J connectivity index is 1.14. The first kappa shape index (κ1) is 27.4. The summed E-state index contributed by atoms with van der Waals surface area (Å²) in [4.78, 5) is 0. The van der Waals surface area contributed by atoms with Gasteiger partial charge in [0.2, 0.25) is 5.79 Å². The maximum Gasteiger partial charge on any atom is 0.227 e. The van der Waals surface area contributed by atoms with Crippen molar-refractivity contribution < 1.29 is 28.4 Å². The lowest BCUT2D eigenvalue weighted by Gasteiger charge is -2.64. The largest absolute Gasteiger partial charge is 0.390 e. The van der Waals surface area contributed by atoms with Gasteiger partial charge in [-0.2, -0.15) is 5.10 Å². The van der Waals surface area contributed by atoms with E-state index in [0.29, 0.717) is 32.4 Å². The predicted molar refractivity (Wildman–Crippen MR) is 154 cm³/mol. The van der Waals surface area contributed by atoms with Crippen molar-refractivity contribution in [2.45, 2.75) is 95.9 Å². The van der Waals surface area contributed by atoms with Crippen LogP contribution in [0, 0.1) is 28.6 Å². The minimum absolute atomic E-state index is 0.0250. The van der Waals surface area contributed by atoms with Crippen LogP contribution in [-0.4, -0.2) is 58.2 Å². The topological polar surface area (TPSA) is 75.0 Å². The number of aromatic nitrogens is 2. The van der Waals surface area contributed by atoms with Gasteiger partial charge in [0.05, 0.1) is 18.3 Å². The Morgan fingerprint density at radius 2 is 1.93 bits per heavy atom. The number of aliphatic hydroxyl groups is 1. The van der Waals surface area contributed by atoms with Gasteiger partial charge in [0.15, 0.2) is 13.6 Å². The highest BCUT2D eigenvalue weighted by Gasteiger charge is 2.81. The summed E-state index contributed by atoms with van der Waals surface area (Å²) in [7, 11) is 0. The van der Waals surface area contributed by atoms with E-state index in [1.165, 1.54) is 11.1 Å². The number of aliphatic hydroxyl groups excluding tert-OH is 1. The van der Waals surface area contributed by atoms with Gasteiger partial charge in [-0.25, -0.2) is 4.39 Å². The molecule has 1 unspecified atom stereocenters. The van der Waals surface area contributed by atoms with E-state index in [1.807, 2.05) is 4.68 Å². The van der Waals surface area contributed by atoms with Crippen molar-refractivity contribution in [1.82, 2.24) is 9.78 Å². The van der Waals surface area contributed by atoms with E-state index >= 15 is 4.39 Å². The van der Waals surface area contributed by atoms with E-state index in [-0.39, 0.29) is 31.3 Å². The molecule has 9 atom stereocenters. The summed E-state index contributed by atoms with van der Waals surface area (Å²) in [6.07, 6.45) is 7.22. The van der Waals surface area contributed by atoms with Crippen LogP contribution in [0.2, 0.25) is 0 Å². The zero-order valence-electron chi connectivity index (χ0n) is 25.2. The van der Waals surface area contributed by atoms with E-state index in [1.54, 1.807) is 0 Å². The molecule has 0 radical (unpaired) electrons. The molecule has 3 saturated carbocycles. The molecule has 5 fully saturated rings. The van der Waals surface area contributed by atoms with Crippen molar-refractivity contribution >= 4 is 6.08 Å². The molecule has 8 rings (SSSR count). The molecule has 1 N–H and O–H groups in total. The average Bonchev–Trinajstić information content (AvgIpc) is 3.73. The Labute approximate surface area is 247 Å². The highest BCUT2D eigenvalue weighted by molar-refractivity contribution is 5.60. The molecule has 42 heavy (non-hydrogen) atoms. The number of halogens is 1. The molecule has 4 aliphatic carbocycles. The Bertz CT molecular complexity index is 1450. The van der Waals surface area contributed by atoms with E-state index in [2.05, 4.69) is 64.2 Å². The van der Waals surface area contributed by atoms with Crippen molar-refractivity contribution in [3.63, 3.8) is 0 Å². The number of allylic oxidation sites excluding steroid dienone is 1. The molecule has 1 aromatic carbocycles. The van der Waals surface area contributed by atoms with Gasteiger partial charge in [0, 0.05) is 22.9 Å². The van der Waals surface area contributed by atoms with Crippen LogP contribution in [0.15, 0.2) is 36.0 Å². The first-order chi connectivity index (χ1) is 20.1. The first-order valence-corrected chi connectivity index (χ1v) is 15.8. The first-order valence-electron chi connectivity index (χ1n) is 15.8. The van der Waals surface area contributed by atoms with Gasteiger partial charge in [-0.1, -0.05) is 57.5 Å². The summed E-state index contributed by atoms with van der Waals surface area (Å²) in [5.74, 6) is -1.22. The molecular formula is C34H43FN2O5. The molecule has 2 aromatic rings. The number of benzene rings is 1. The minimum Gasteiger partial charge on any atom is -0.390 e. The van der Waals surface area contributed by atoms with Gasteiger partial charge < -0.3 is 24.1 Å². The zero-order valence-corrected chi connectivity index (χ0v) is 25.2. The lowest BCUT2D eigenvalue weighted by molar-refractivity contribution is -0.279. The van der Waals surface area contributed by atoms with Gasteiger partial charge in [0.1, 0.15) is 17.9 Å². The lowest BCUT2D eigenvalue weighted by atomic mass is 9.43. The summed E-state index contributed by atoms with van der Waals surface area (Å²) < 4.78 is 44.7. The van der Waals surface area contributed by atoms with Crippen molar-refractivity contribution in [2.24, 2.45) is 28.6 Å². The zero-order chi connectivity index (χ0) is 29.1. The van der Waals surface area contributed by atoms with Gasteiger partial charge in [-0.15, -0.1) is 0 Å². The van der Waals surface area contributed by atoms with Crippen LogP contribution in [0.3, 0.4) is 0 Å². The fraction of sp³-hybridized carbons (Fsp3) is 0.676. The maximum absolute atomic E-state index is 18.2. The molecule has 7 nitrogen and oxygen atoms in total. The maximum atomic E-state index is 18.2. The predicted octanol–water partition coefficient (Wildman–Crippen LogP) is 5.43. The Hall–Kier alpha value is -2.10. The van der Waals surface area contributed by atoms with Crippen LogP contribution in [0.25, 0.3) is 6.08 Å². The molecule has 0 bridgehead atoms. The summed E-state index contributed by atoms with van der Waals surface area (Å²) in [6, 6.07) is 8.62. The molecule has 8 heteroatoms. The SMILES string of the molecule is CCc1cccc(Cn2cc3c(n2)C=C2CC[C@H]4[C@@H]5C[C@@H](C)[C@@]6(OCOC67COCO7)[C@@]5(C)C[C@H](O)[C@]4(F)[C@@]2(C)C3)c1. The molecule has 2 aliphatic heterocycles. The second kappa shape index (κ2) is 8.98. The number of hydrogen-bond acceptors (Lipinski definition) is 6. The molecular weight excluding hydrogens is 535 g/mol. The number of ether oxygens (including phenoxy) is 4. The quantitative estimate of drug-likeness (QED) is 0.524. The highest BCUT2D eigenvalue weighted by atomic mass is 19.1. The molecule has 2 spiro atoms.